The Kier molecular flexibility index (Phi) is 25.5. The quantitative estimate of drug-likeness (QED) is 0.0403. The fourth-order valence-electron chi connectivity index (χ4n) is 16.7. The molecule has 9 heterocycles. The zero-order chi connectivity index (χ0) is 83.5. The van der Waals surface area contributed by atoms with Crippen LogP contribution in [0.25, 0.3) is 66.9 Å². The van der Waals surface area contributed by atoms with Crippen LogP contribution in [0, 0.1) is 0 Å². The van der Waals surface area contributed by atoms with Crippen LogP contribution in [0.4, 0.5) is 17.5 Å². The van der Waals surface area contributed by atoms with E-state index < -0.39 is 0 Å². The molecule has 3 aliphatic carbocycles. The Morgan fingerprint density at radius 1 is 0.388 bits per heavy atom. The van der Waals surface area contributed by atoms with Gasteiger partial charge in [-0.05, 0) is 208 Å². The van der Waals surface area contributed by atoms with E-state index in [9.17, 15) is 14.4 Å². The average Bonchev–Trinajstić information content (AvgIpc) is 1.62. The Labute approximate surface area is 705 Å². The average molecular weight is 1630 g/mol. The van der Waals surface area contributed by atoms with Crippen LogP contribution in [-0.4, -0.2) is 202 Å². The van der Waals surface area contributed by atoms with Crippen LogP contribution in [-0.2, 0) is 14.4 Å². The fourth-order valence-corrected chi connectivity index (χ4v) is 16.7. The number of nitrogens with zero attached hydrogens (tertiary/aromatic N) is 18. The molecule has 3 saturated carbocycles. The minimum atomic E-state index is -0.00837. The zero-order valence-electron chi connectivity index (χ0n) is 69.5. The number of likely N-dealkylation sites (tertiary alicyclic amines) is 3. The third kappa shape index (κ3) is 19.4. The van der Waals surface area contributed by atoms with Gasteiger partial charge in [0, 0.05) is 124 Å². The van der Waals surface area contributed by atoms with Gasteiger partial charge >= 0.3 is 0 Å². The largest absolute Gasteiger partial charge is 0.457 e. The molecule has 3 amide bonds. The van der Waals surface area contributed by atoms with Crippen LogP contribution >= 0.6 is 0 Å². The molecular weight excluding hydrogens is 1520 g/mol. The maximum atomic E-state index is 13.2. The lowest BCUT2D eigenvalue weighted by Gasteiger charge is -2.36. The molecule has 6 aromatic heterocycles. The number of aromatic nitrogens is 12. The molecule has 6 N–H and O–H groups in total. The molecule has 0 radical (unpaired) electrons. The minimum absolute atomic E-state index is 0.00205. The topological polar surface area (TPSA) is 307 Å². The van der Waals surface area contributed by atoms with Crippen molar-refractivity contribution in [3.05, 3.63) is 219 Å². The summed E-state index contributed by atoms with van der Waals surface area (Å²) in [5, 5.41) is 17.1. The van der Waals surface area contributed by atoms with Crippen molar-refractivity contribution in [1.29, 1.82) is 0 Å². The highest BCUT2D eigenvalue weighted by Crippen LogP contribution is 2.41. The number of anilines is 3. The summed E-state index contributed by atoms with van der Waals surface area (Å²) in [6, 6.07) is 55.3. The Hall–Kier alpha value is -12.7. The Morgan fingerprint density at radius 3 is 1.02 bits per heavy atom. The first-order valence-corrected chi connectivity index (χ1v) is 42.6. The van der Waals surface area contributed by atoms with E-state index in [4.69, 9.17) is 46.7 Å². The molecule has 3 atom stereocenters. The van der Waals surface area contributed by atoms with Gasteiger partial charge < -0.3 is 46.1 Å². The highest BCUT2D eigenvalue weighted by atomic mass is 16.5. The van der Waals surface area contributed by atoms with Gasteiger partial charge in [-0.3, -0.25) is 29.1 Å². The van der Waals surface area contributed by atoms with E-state index in [0.717, 1.165) is 143 Å². The number of likely N-dealkylation sites (N-methyl/N-ethyl adjacent to an activating group) is 1. The van der Waals surface area contributed by atoms with Crippen molar-refractivity contribution in [1.82, 2.24) is 88.6 Å². The van der Waals surface area contributed by atoms with Crippen LogP contribution in [0.2, 0.25) is 0 Å². The standard InChI is InChI=1S/C32H37N7O2.2C31H35N7O2/c1-22(2)38(24-14-15-24)19-7-11-28(40)37-18-6-8-25(20-37)39-32-29(31(33)34-21-35-32)30(36-39)23-12-16-27(17-13-23)41-26-9-4-3-5-10-26;1-21(2)37(23-12-13-23)17-6-9-27(39)36-18-16-24(19-36)38-31-28(30(32)33-20-34-31)29(35-38)22-10-14-26(15-11-22)40-25-7-4-3-5-8-25;1-2-36(23-8-6-9-23)18-7-12-27(39)37-19-17-24(20-37)38-31-28(30(32)33-21-34-31)29(35-38)22-13-15-26(16-14-22)40-25-10-4-3-5-11-25/h3-5,7,9-13,16-17,21-22,24-25H,6,8,14-15,18-20H2,1-2H3,(H2,33,34,35);3-11,14-15,20-21,23-24H,12-13,16-19H2,1-2H3,(H2,32,33,34);3-5,7,10-16,21,23-24H,2,6,8-9,17-20H2,1H3,(H2,32,33,34)/b11-7+;9-6+;12-7+/t25-;2*24-/m111/s1. The van der Waals surface area contributed by atoms with Crippen LogP contribution in [0.1, 0.15) is 123 Å². The molecular formula is C94H107N21O6. The molecule has 6 aliphatic rings. The molecule has 3 aliphatic heterocycles. The van der Waals surface area contributed by atoms with Crippen LogP contribution < -0.4 is 31.4 Å². The van der Waals surface area contributed by atoms with Gasteiger partial charge in [-0.15, -0.1) is 0 Å². The number of hydrogen-bond acceptors (Lipinski definition) is 21. The molecule has 27 nitrogen and oxygen atoms in total. The first-order valence-electron chi connectivity index (χ1n) is 42.6. The molecule has 0 spiro atoms. The molecule has 121 heavy (non-hydrogen) atoms. The number of rotatable bonds is 27. The van der Waals surface area contributed by atoms with Crippen molar-refractivity contribution in [2.24, 2.45) is 0 Å². The molecule has 18 rings (SSSR count). The van der Waals surface area contributed by atoms with Crippen LogP contribution in [0.5, 0.6) is 34.5 Å². The summed E-state index contributed by atoms with van der Waals surface area (Å²) in [7, 11) is 0. The monoisotopic (exact) mass is 1630 g/mol. The molecule has 3 saturated heterocycles. The predicted octanol–water partition coefficient (Wildman–Crippen LogP) is 15.6. The Balaban J connectivity index is 0.000000135. The van der Waals surface area contributed by atoms with Crippen molar-refractivity contribution < 1.29 is 28.6 Å². The number of carbonyl (C=O) groups is 3. The van der Waals surface area contributed by atoms with Gasteiger partial charge in [0.25, 0.3) is 0 Å². The SMILES string of the molecule is CC(C)N(C/C=C/C(=O)N1CCC[C@@H](n2nc(-c3ccc(Oc4ccccc4)cc3)c3c(N)ncnc32)C1)C1CC1.CC(C)N(C/C=C/C(=O)N1CC[C@@H](n2nc(-c3ccc(Oc4ccccc4)cc3)c3c(N)ncnc32)C1)C1CC1.CCN(C/C=C/C(=O)N1CC[C@@H](n2nc(-c3ccc(Oc4ccccc4)cc3)c3c(N)ncnc32)C1)C1CCC1. The molecule has 6 fully saturated rings. The van der Waals surface area contributed by atoms with Gasteiger partial charge in [0.05, 0.1) is 34.3 Å². The maximum Gasteiger partial charge on any atom is 0.246 e. The van der Waals surface area contributed by atoms with Gasteiger partial charge in [0.15, 0.2) is 16.9 Å². The van der Waals surface area contributed by atoms with Gasteiger partial charge in [-0.2, -0.15) is 15.3 Å². The maximum absolute atomic E-state index is 13.2. The third-order valence-electron chi connectivity index (χ3n) is 23.7. The van der Waals surface area contributed by atoms with E-state index in [2.05, 4.69) is 79.2 Å². The van der Waals surface area contributed by atoms with E-state index in [1.54, 1.807) is 18.2 Å². The molecule has 27 heteroatoms. The zero-order valence-corrected chi connectivity index (χ0v) is 69.5. The molecule has 12 aromatic rings. The van der Waals surface area contributed by atoms with Crippen molar-refractivity contribution in [2.45, 2.75) is 154 Å². The lowest BCUT2D eigenvalue weighted by Crippen LogP contribution is -2.40. The van der Waals surface area contributed by atoms with Gasteiger partial charge in [0.1, 0.15) is 88.0 Å². The van der Waals surface area contributed by atoms with E-state index in [0.29, 0.717) is 97.3 Å². The second-order valence-electron chi connectivity index (χ2n) is 32.5. The lowest BCUT2D eigenvalue weighted by atomic mass is 9.91. The number of fused-ring (bicyclic) bond motifs is 3. The summed E-state index contributed by atoms with van der Waals surface area (Å²) in [6.45, 7) is 18.3. The first-order chi connectivity index (χ1) is 59.1. The van der Waals surface area contributed by atoms with Gasteiger partial charge in [0.2, 0.25) is 17.7 Å². The van der Waals surface area contributed by atoms with E-state index in [1.165, 1.54) is 63.9 Å². The molecule has 624 valence electrons. The summed E-state index contributed by atoms with van der Waals surface area (Å²) in [5.74, 6) is 5.82. The fraction of sp³-hybridized carbons (Fsp3) is 0.362. The first kappa shape index (κ1) is 82.0. The van der Waals surface area contributed by atoms with Crippen molar-refractivity contribution in [3.63, 3.8) is 0 Å². The normalized spacial score (nSPS) is 17.6. The summed E-state index contributed by atoms with van der Waals surface area (Å²) in [4.78, 5) is 78.6. The third-order valence-corrected chi connectivity index (χ3v) is 23.7. The Morgan fingerprint density at radius 2 is 0.711 bits per heavy atom. The van der Waals surface area contributed by atoms with E-state index >= 15 is 0 Å². The van der Waals surface area contributed by atoms with Crippen LogP contribution in [0.3, 0.4) is 0 Å². The number of carbonyl (C=O) groups excluding carboxylic acids is 3. The summed E-state index contributed by atoms with van der Waals surface area (Å²) >= 11 is 0. The number of hydrogen-bond donors (Lipinski definition) is 3. The number of nitrogens with two attached hydrogens (primary N) is 3. The lowest BCUT2D eigenvalue weighted by molar-refractivity contribution is -0.128. The number of benzene rings is 6. The number of piperidine rings is 1. The molecule has 0 unspecified atom stereocenters. The second kappa shape index (κ2) is 37.7. The van der Waals surface area contributed by atoms with Crippen molar-refractivity contribution in [3.8, 4) is 68.3 Å². The smallest absolute Gasteiger partial charge is 0.246 e. The molecule has 6 aromatic carbocycles. The van der Waals surface area contributed by atoms with E-state index in [-0.39, 0.29) is 35.8 Å². The number of nitrogen functional groups attached to an aromatic ring is 3. The number of ether oxygens (including phenoxy) is 3. The van der Waals surface area contributed by atoms with E-state index in [1.807, 2.05) is 211 Å². The minimum Gasteiger partial charge on any atom is -0.457 e. The van der Waals surface area contributed by atoms with Gasteiger partial charge in [-0.25, -0.2) is 43.9 Å². The predicted molar refractivity (Wildman–Crippen MR) is 472 cm³/mol. The summed E-state index contributed by atoms with van der Waals surface area (Å²) in [5.41, 5.74) is 25.9. The summed E-state index contributed by atoms with van der Waals surface area (Å²) in [6.07, 6.45) is 27.9. The highest BCUT2D eigenvalue weighted by molar-refractivity contribution is 6.01. The Bertz CT molecular complexity index is 5630. The second-order valence-corrected chi connectivity index (χ2v) is 32.5. The number of amides is 3. The van der Waals surface area contributed by atoms with Crippen LogP contribution in [0.15, 0.2) is 219 Å². The van der Waals surface area contributed by atoms with Crippen molar-refractivity contribution in [2.75, 3.05) is 82.6 Å². The van der Waals surface area contributed by atoms with Gasteiger partial charge in [-0.1, -0.05) is 86.2 Å². The summed E-state index contributed by atoms with van der Waals surface area (Å²) < 4.78 is 23.6. The highest BCUT2D eigenvalue weighted by Gasteiger charge is 2.36. The number of para-hydroxylation sites is 3. The van der Waals surface area contributed by atoms with Crippen molar-refractivity contribution >= 4 is 68.3 Å². The molecule has 0 bridgehead atoms.